The van der Waals surface area contributed by atoms with Gasteiger partial charge in [-0.25, -0.2) is 4.98 Å². The largest absolute Gasteiger partial charge is 0.466 e. The van der Waals surface area contributed by atoms with Crippen LogP contribution in [0.25, 0.3) is 21.3 Å². The molecular weight excluding hydrogens is 428 g/mol. The van der Waals surface area contributed by atoms with Crippen LogP contribution in [0.5, 0.6) is 0 Å². The van der Waals surface area contributed by atoms with Crippen molar-refractivity contribution in [2.24, 2.45) is 0 Å². The van der Waals surface area contributed by atoms with Crippen LogP contribution >= 0.6 is 11.3 Å². The standard InChI is InChI=1S/C23H22N4O4S/c1-13-4-6-16(7-5-13)18-11-32-22-20(18)23(30)27(12-24-22)9-8-19(28)25-26-21(29)17-10-14(2)31-15(17)3/h4-7,10-12H,8-9H2,1-3H3,(H,25,28)(H,26,29). The van der Waals surface area contributed by atoms with E-state index in [1.54, 1.807) is 19.9 Å². The molecule has 0 aliphatic carbocycles. The third-order valence-electron chi connectivity index (χ3n) is 5.10. The van der Waals surface area contributed by atoms with Crippen molar-refractivity contribution in [2.45, 2.75) is 33.7 Å². The van der Waals surface area contributed by atoms with Gasteiger partial charge in [0.25, 0.3) is 11.5 Å². The molecule has 2 amide bonds. The minimum atomic E-state index is -0.464. The van der Waals surface area contributed by atoms with E-state index in [0.717, 1.165) is 16.7 Å². The van der Waals surface area contributed by atoms with Gasteiger partial charge in [0.2, 0.25) is 5.91 Å². The number of aromatic nitrogens is 2. The lowest BCUT2D eigenvalue weighted by Crippen LogP contribution is -2.42. The maximum Gasteiger partial charge on any atom is 0.273 e. The maximum absolute atomic E-state index is 13.1. The number of hydrogen-bond acceptors (Lipinski definition) is 6. The van der Waals surface area contributed by atoms with Gasteiger partial charge in [0, 0.05) is 23.9 Å². The molecule has 4 aromatic rings. The van der Waals surface area contributed by atoms with Gasteiger partial charge in [-0.15, -0.1) is 11.3 Å². The van der Waals surface area contributed by atoms with Crippen molar-refractivity contribution in [1.29, 1.82) is 0 Å². The number of rotatable bonds is 5. The number of amides is 2. The Morgan fingerprint density at radius 2 is 1.88 bits per heavy atom. The molecule has 0 aliphatic heterocycles. The highest BCUT2D eigenvalue weighted by Crippen LogP contribution is 2.30. The van der Waals surface area contributed by atoms with Crippen LogP contribution in [0.3, 0.4) is 0 Å². The minimum Gasteiger partial charge on any atom is -0.466 e. The van der Waals surface area contributed by atoms with Crippen molar-refractivity contribution in [3.63, 3.8) is 0 Å². The quantitative estimate of drug-likeness (QED) is 0.453. The van der Waals surface area contributed by atoms with Crippen molar-refractivity contribution in [3.05, 3.63) is 75.0 Å². The number of furan rings is 1. The molecule has 0 aliphatic rings. The number of hydrazine groups is 1. The van der Waals surface area contributed by atoms with Crippen molar-refractivity contribution in [3.8, 4) is 11.1 Å². The van der Waals surface area contributed by atoms with Crippen molar-refractivity contribution < 1.29 is 14.0 Å². The highest BCUT2D eigenvalue weighted by molar-refractivity contribution is 7.17. The lowest BCUT2D eigenvalue weighted by atomic mass is 10.1. The number of benzene rings is 1. The highest BCUT2D eigenvalue weighted by atomic mass is 32.1. The zero-order valence-corrected chi connectivity index (χ0v) is 18.7. The predicted octanol–water partition coefficient (Wildman–Crippen LogP) is 3.49. The van der Waals surface area contributed by atoms with Crippen LogP contribution in [-0.2, 0) is 11.3 Å². The van der Waals surface area contributed by atoms with E-state index >= 15 is 0 Å². The van der Waals surface area contributed by atoms with Crippen LogP contribution in [0.4, 0.5) is 0 Å². The summed E-state index contributed by atoms with van der Waals surface area (Å²) in [5, 5.41) is 2.47. The average molecular weight is 451 g/mol. The van der Waals surface area contributed by atoms with Crippen LogP contribution in [0.2, 0.25) is 0 Å². The zero-order valence-electron chi connectivity index (χ0n) is 17.9. The van der Waals surface area contributed by atoms with Gasteiger partial charge in [-0.3, -0.25) is 29.8 Å². The molecule has 9 heteroatoms. The first kappa shape index (κ1) is 21.5. The molecule has 3 heterocycles. The molecule has 0 spiro atoms. The summed E-state index contributed by atoms with van der Waals surface area (Å²) < 4.78 is 6.73. The highest BCUT2D eigenvalue weighted by Gasteiger charge is 2.16. The molecule has 164 valence electrons. The van der Waals surface area contributed by atoms with Gasteiger partial charge in [-0.1, -0.05) is 29.8 Å². The van der Waals surface area contributed by atoms with Gasteiger partial charge in [0.05, 0.1) is 17.3 Å². The molecular formula is C23H22N4O4S. The Labute approximate surface area is 187 Å². The molecule has 1 aromatic carbocycles. The Morgan fingerprint density at radius 3 is 2.56 bits per heavy atom. The van der Waals surface area contributed by atoms with Crippen molar-refractivity contribution >= 4 is 33.4 Å². The summed E-state index contributed by atoms with van der Waals surface area (Å²) in [7, 11) is 0. The second-order valence-electron chi connectivity index (χ2n) is 7.52. The predicted molar refractivity (Wildman–Crippen MR) is 122 cm³/mol. The number of carbonyl (C=O) groups excluding carboxylic acids is 2. The van der Waals surface area contributed by atoms with Gasteiger partial charge in [-0.2, -0.15) is 0 Å². The molecule has 8 nitrogen and oxygen atoms in total. The number of nitrogens with zero attached hydrogens (tertiary/aromatic N) is 2. The molecule has 0 fully saturated rings. The summed E-state index contributed by atoms with van der Waals surface area (Å²) in [6.07, 6.45) is 1.45. The molecule has 0 radical (unpaired) electrons. The van der Waals surface area contributed by atoms with Gasteiger partial charge >= 0.3 is 0 Å². The Bertz CT molecular complexity index is 1370. The summed E-state index contributed by atoms with van der Waals surface area (Å²) >= 11 is 1.41. The smallest absolute Gasteiger partial charge is 0.273 e. The van der Waals surface area contributed by atoms with Gasteiger partial charge in [-0.05, 0) is 32.4 Å². The van der Waals surface area contributed by atoms with Crippen LogP contribution in [-0.4, -0.2) is 21.4 Å². The monoisotopic (exact) mass is 450 g/mol. The van der Waals surface area contributed by atoms with Crippen LogP contribution in [0.15, 0.2) is 51.3 Å². The maximum atomic E-state index is 13.1. The Hall–Kier alpha value is -3.72. The normalized spacial score (nSPS) is 11.0. The topological polar surface area (TPSA) is 106 Å². The summed E-state index contributed by atoms with van der Waals surface area (Å²) in [6.45, 7) is 5.56. The number of nitrogens with one attached hydrogen (secondary N) is 2. The lowest BCUT2D eigenvalue weighted by molar-refractivity contribution is -0.122. The molecule has 2 N–H and O–H groups in total. The summed E-state index contributed by atoms with van der Waals surface area (Å²) in [5.74, 6) is 0.196. The number of fused-ring (bicyclic) bond motifs is 1. The SMILES string of the molecule is Cc1ccc(-c2csc3ncn(CCC(=O)NNC(=O)c4cc(C)oc4C)c(=O)c23)cc1. The Morgan fingerprint density at radius 1 is 1.12 bits per heavy atom. The molecule has 0 saturated carbocycles. The van der Waals surface area contributed by atoms with E-state index in [1.807, 2.05) is 36.6 Å². The molecule has 0 saturated heterocycles. The lowest BCUT2D eigenvalue weighted by Gasteiger charge is -2.08. The molecule has 0 atom stereocenters. The van der Waals surface area contributed by atoms with E-state index in [0.29, 0.717) is 27.3 Å². The Kier molecular flexibility index (Phi) is 5.91. The van der Waals surface area contributed by atoms with E-state index in [4.69, 9.17) is 4.42 Å². The summed E-state index contributed by atoms with van der Waals surface area (Å²) in [4.78, 5) is 42.5. The number of carbonyl (C=O) groups is 2. The fourth-order valence-electron chi connectivity index (χ4n) is 3.41. The number of thiophene rings is 1. The minimum absolute atomic E-state index is 0.000766. The fraction of sp³-hybridized carbons (Fsp3) is 0.217. The first-order valence-electron chi connectivity index (χ1n) is 10.0. The number of aryl methyl sites for hydroxylation is 4. The van der Waals surface area contributed by atoms with Crippen LogP contribution < -0.4 is 16.4 Å². The van der Waals surface area contributed by atoms with E-state index < -0.39 is 11.8 Å². The third-order valence-corrected chi connectivity index (χ3v) is 5.99. The first-order chi connectivity index (χ1) is 15.3. The van der Waals surface area contributed by atoms with E-state index in [1.165, 1.54) is 22.2 Å². The van der Waals surface area contributed by atoms with E-state index in [2.05, 4.69) is 15.8 Å². The third kappa shape index (κ3) is 4.33. The second kappa shape index (κ2) is 8.80. The van der Waals surface area contributed by atoms with Crippen LogP contribution in [0, 0.1) is 20.8 Å². The van der Waals surface area contributed by atoms with Crippen LogP contribution in [0.1, 0.15) is 33.9 Å². The summed E-state index contributed by atoms with van der Waals surface area (Å²) in [5.41, 5.74) is 7.81. The molecule has 0 bridgehead atoms. The second-order valence-corrected chi connectivity index (χ2v) is 8.38. The first-order valence-corrected chi connectivity index (χ1v) is 10.9. The van der Waals surface area contributed by atoms with Crippen molar-refractivity contribution in [1.82, 2.24) is 20.4 Å². The molecule has 4 rings (SSSR count). The van der Waals surface area contributed by atoms with Crippen molar-refractivity contribution in [2.75, 3.05) is 0 Å². The van der Waals surface area contributed by atoms with Gasteiger partial charge in [0.1, 0.15) is 16.4 Å². The average Bonchev–Trinajstić information content (AvgIpc) is 3.35. The van der Waals surface area contributed by atoms with E-state index in [9.17, 15) is 14.4 Å². The molecule has 0 unspecified atom stereocenters. The van der Waals surface area contributed by atoms with E-state index in [-0.39, 0.29) is 18.5 Å². The molecule has 32 heavy (non-hydrogen) atoms. The van der Waals surface area contributed by atoms with Gasteiger partial charge < -0.3 is 4.42 Å². The Balaban J connectivity index is 1.44. The summed E-state index contributed by atoms with van der Waals surface area (Å²) in [6, 6.07) is 9.56. The fourth-order valence-corrected chi connectivity index (χ4v) is 4.31. The number of hydrogen-bond donors (Lipinski definition) is 2. The zero-order chi connectivity index (χ0) is 22.8. The van der Waals surface area contributed by atoms with Gasteiger partial charge in [0.15, 0.2) is 0 Å². The molecule has 3 aromatic heterocycles.